The number of nitrogens with zero attached hydrogens (tertiary/aromatic N) is 1. The number of H-pyrrole nitrogens is 1. The highest BCUT2D eigenvalue weighted by molar-refractivity contribution is 5.85. The van der Waals surface area contributed by atoms with Crippen molar-refractivity contribution >= 4 is 18.1 Å². The Morgan fingerprint density at radius 2 is 1.96 bits per heavy atom. The second-order valence-corrected chi connectivity index (χ2v) is 5.93. The van der Waals surface area contributed by atoms with Gasteiger partial charge in [-0.3, -0.25) is 0 Å². The summed E-state index contributed by atoms with van der Waals surface area (Å²) < 4.78 is 46.8. The van der Waals surface area contributed by atoms with Crippen molar-refractivity contribution in [3.8, 4) is 17.2 Å². The lowest BCUT2D eigenvalue weighted by Crippen LogP contribution is -2.33. The summed E-state index contributed by atoms with van der Waals surface area (Å²) in [5.74, 6) is -1.12. The van der Waals surface area contributed by atoms with E-state index in [1.165, 1.54) is 12.1 Å². The number of benzene rings is 1. The van der Waals surface area contributed by atoms with E-state index in [1.807, 2.05) is 0 Å². The first-order chi connectivity index (χ1) is 11.8. The van der Waals surface area contributed by atoms with E-state index in [2.05, 4.69) is 20.3 Å². The number of aromatic amines is 1. The predicted molar refractivity (Wildman–Crippen MR) is 90.3 cm³/mol. The third kappa shape index (κ3) is 5.15. The number of nitrogens with one attached hydrogen (secondary N) is 2. The SMILES string of the molecule is Cl.N[C@H]1CC[C@H](Nc2cc(-c3n[nH]c(=O)o3)ccc2OC(F)(F)F)CC1. The Labute approximate surface area is 152 Å². The van der Waals surface area contributed by atoms with Crippen LogP contribution in [0.25, 0.3) is 11.5 Å². The monoisotopic (exact) mass is 394 g/mol. The van der Waals surface area contributed by atoms with Crippen LogP contribution in [-0.2, 0) is 0 Å². The van der Waals surface area contributed by atoms with Crippen LogP contribution in [-0.4, -0.2) is 28.6 Å². The molecule has 0 spiro atoms. The first-order valence-corrected chi connectivity index (χ1v) is 7.78. The number of alkyl halides is 3. The number of nitrogens with two attached hydrogens (primary N) is 1. The summed E-state index contributed by atoms with van der Waals surface area (Å²) in [6, 6.07) is 4.01. The van der Waals surface area contributed by atoms with E-state index >= 15 is 0 Å². The molecular weight excluding hydrogens is 377 g/mol. The fraction of sp³-hybridized carbons (Fsp3) is 0.467. The second-order valence-electron chi connectivity index (χ2n) is 5.93. The summed E-state index contributed by atoms with van der Waals surface area (Å²) in [6.07, 6.45) is -1.74. The standard InChI is InChI=1S/C15H17F3N4O3.ClH/c16-15(17,18)25-12-6-1-8(13-21-22-14(23)24-13)7-11(12)20-10-4-2-9(19)3-5-10;/h1,6-7,9-10,20H,2-5,19H2,(H,22,23);1H/t9-,10-;. The van der Waals surface area contributed by atoms with Crippen LogP contribution in [0.15, 0.2) is 27.4 Å². The number of halogens is 4. The lowest BCUT2D eigenvalue weighted by molar-refractivity contribution is -0.274. The maximum Gasteiger partial charge on any atom is 0.573 e. The van der Waals surface area contributed by atoms with Gasteiger partial charge in [-0.2, -0.15) is 0 Å². The molecule has 144 valence electrons. The van der Waals surface area contributed by atoms with E-state index in [9.17, 15) is 18.0 Å². The number of hydrogen-bond acceptors (Lipinski definition) is 6. The maximum atomic E-state index is 12.6. The number of ether oxygens (including phenoxy) is 1. The van der Waals surface area contributed by atoms with Gasteiger partial charge in [0.2, 0.25) is 5.89 Å². The predicted octanol–water partition coefficient (Wildman–Crippen LogP) is 3.03. The third-order valence-corrected chi connectivity index (χ3v) is 4.02. The minimum atomic E-state index is -4.81. The molecule has 0 bridgehead atoms. The Morgan fingerprint density at radius 1 is 1.27 bits per heavy atom. The smallest absolute Gasteiger partial charge is 0.404 e. The van der Waals surface area contributed by atoms with Crippen LogP contribution in [0.3, 0.4) is 0 Å². The Morgan fingerprint density at radius 3 is 2.54 bits per heavy atom. The molecule has 1 saturated carbocycles. The fourth-order valence-electron chi connectivity index (χ4n) is 2.83. The van der Waals surface area contributed by atoms with Crippen molar-refractivity contribution in [1.82, 2.24) is 10.2 Å². The molecule has 1 aliphatic carbocycles. The molecule has 7 nitrogen and oxygen atoms in total. The quantitative estimate of drug-likeness (QED) is 0.736. The zero-order chi connectivity index (χ0) is 18.0. The normalized spacial score (nSPS) is 20.3. The van der Waals surface area contributed by atoms with E-state index < -0.39 is 12.1 Å². The summed E-state index contributed by atoms with van der Waals surface area (Å²) in [4.78, 5) is 11.1. The third-order valence-electron chi connectivity index (χ3n) is 4.02. The first kappa shape index (κ1) is 20.1. The zero-order valence-electron chi connectivity index (χ0n) is 13.5. The highest BCUT2D eigenvalue weighted by Gasteiger charge is 2.32. The van der Waals surface area contributed by atoms with Gasteiger partial charge in [0.1, 0.15) is 0 Å². The Hall–Kier alpha value is -2.20. The number of aromatic nitrogens is 2. The highest BCUT2D eigenvalue weighted by Crippen LogP contribution is 2.35. The molecule has 1 aromatic heterocycles. The van der Waals surface area contributed by atoms with Gasteiger partial charge in [-0.1, -0.05) is 0 Å². The minimum Gasteiger partial charge on any atom is -0.404 e. The summed E-state index contributed by atoms with van der Waals surface area (Å²) in [5, 5.41) is 8.86. The molecule has 0 unspecified atom stereocenters. The van der Waals surface area contributed by atoms with E-state index in [0.717, 1.165) is 31.7 Å². The van der Waals surface area contributed by atoms with Gasteiger partial charge in [-0.25, -0.2) is 9.89 Å². The average Bonchev–Trinajstić information content (AvgIpc) is 2.96. The average molecular weight is 395 g/mol. The van der Waals surface area contributed by atoms with Gasteiger partial charge in [-0.15, -0.1) is 30.7 Å². The van der Waals surface area contributed by atoms with E-state index in [0.29, 0.717) is 5.56 Å². The second kappa shape index (κ2) is 8.00. The molecule has 1 aromatic carbocycles. The van der Waals surface area contributed by atoms with Crippen LogP contribution >= 0.6 is 12.4 Å². The molecule has 0 radical (unpaired) electrons. The Bertz CT molecular complexity index is 785. The van der Waals surface area contributed by atoms with Crippen LogP contribution in [0, 0.1) is 0 Å². The number of hydrogen-bond donors (Lipinski definition) is 3. The van der Waals surface area contributed by atoms with Gasteiger partial charge in [0.25, 0.3) is 0 Å². The van der Waals surface area contributed by atoms with Gasteiger partial charge in [0, 0.05) is 17.6 Å². The largest absolute Gasteiger partial charge is 0.573 e. The van der Waals surface area contributed by atoms with Gasteiger partial charge in [-0.05, 0) is 43.9 Å². The molecule has 0 aliphatic heterocycles. The molecule has 3 rings (SSSR count). The summed E-state index contributed by atoms with van der Waals surface area (Å²) in [6.45, 7) is 0. The van der Waals surface area contributed by atoms with Crippen molar-refractivity contribution in [3.05, 3.63) is 28.7 Å². The van der Waals surface area contributed by atoms with Crippen LogP contribution in [0.4, 0.5) is 18.9 Å². The van der Waals surface area contributed by atoms with Crippen molar-refractivity contribution in [2.24, 2.45) is 5.73 Å². The topological polar surface area (TPSA) is 106 Å². The summed E-state index contributed by atoms with van der Waals surface area (Å²) in [7, 11) is 0. The van der Waals surface area contributed by atoms with E-state index in [4.69, 9.17) is 10.2 Å². The van der Waals surface area contributed by atoms with Gasteiger partial charge in [0.15, 0.2) is 5.75 Å². The molecular formula is C15H18ClF3N4O3. The molecule has 26 heavy (non-hydrogen) atoms. The minimum absolute atomic E-state index is 0. The van der Waals surface area contributed by atoms with Crippen molar-refractivity contribution in [3.63, 3.8) is 0 Å². The van der Waals surface area contributed by atoms with Gasteiger partial charge >= 0.3 is 12.1 Å². The lowest BCUT2D eigenvalue weighted by atomic mass is 9.91. The molecule has 0 atom stereocenters. The van der Waals surface area contributed by atoms with Crippen LogP contribution in [0.1, 0.15) is 25.7 Å². The molecule has 4 N–H and O–H groups in total. The Balaban J connectivity index is 0.00000243. The number of anilines is 1. The molecule has 0 saturated heterocycles. The van der Waals surface area contributed by atoms with E-state index in [1.54, 1.807) is 0 Å². The van der Waals surface area contributed by atoms with Crippen LogP contribution < -0.4 is 21.5 Å². The zero-order valence-corrected chi connectivity index (χ0v) is 14.3. The molecule has 1 aliphatic rings. The lowest BCUT2D eigenvalue weighted by Gasteiger charge is -2.28. The summed E-state index contributed by atoms with van der Waals surface area (Å²) in [5.41, 5.74) is 6.35. The van der Waals surface area contributed by atoms with Crippen LogP contribution in [0.5, 0.6) is 5.75 Å². The molecule has 0 amide bonds. The van der Waals surface area contributed by atoms with Crippen molar-refractivity contribution in [2.75, 3.05) is 5.32 Å². The maximum absolute atomic E-state index is 12.6. The fourth-order valence-corrected chi connectivity index (χ4v) is 2.83. The molecule has 11 heteroatoms. The van der Waals surface area contributed by atoms with Crippen molar-refractivity contribution < 1.29 is 22.3 Å². The van der Waals surface area contributed by atoms with Gasteiger partial charge in [0.05, 0.1) is 5.69 Å². The Kier molecular flexibility index (Phi) is 6.19. The van der Waals surface area contributed by atoms with Crippen molar-refractivity contribution in [1.29, 1.82) is 0 Å². The first-order valence-electron chi connectivity index (χ1n) is 7.78. The highest BCUT2D eigenvalue weighted by atomic mass is 35.5. The molecule has 2 aromatic rings. The molecule has 1 heterocycles. The molecule has 1 fully saturated rings. The summed E-state index contributed by atoms with van der Waals surface area (Å²) >= 11 is 0. The van der Waals surface area contributed by atoms with Crippen LogP contribution in [0.2, 0.25) is 0 Å². The van der Waals surface area contributed by atoms with Gasteiger partial charge < -0.3 is 20.2 Å². The van der Waals surface area contributed by atoms with E-state index in [-0.39, 0.29) is 41.8 Å². The number of rotatable bonds is 4. The van der Waals surface area contributed by atoms with Crippen molar-refractivity contribution in [2.45, 2.75) is 44.1 Å².